The van der Waals surface area contributed by atoms with Crippen molar-refractivity contribution >= 4 is 0 Å². The summed E-state index contributed by atoms with van der Waals surface area (Å²) in [4.78, 5) is 5.59. The molecule has 94 valence electrons. The Morgan fingerprint density at radius 3 is 2.39 bits per heavy atom. The molecule has 0 aliphatic rings. The molecule has 0 spiro atoms. The number of aromatic nitrogens is 1. The summed E-state index contributed by atoms with van der Waals surface area (Å²) < 4.78 is 1.82. The monoisotopic (exact) mass is 242 g/mol. The zero-order valence-electron chi connectivity index (χ0n) is 11.3. The Morgan fingerprint density at radius 2 is 1.78 bits per heavy atom. The molecule has 0 amide bonds. The first-order valence-corrected chi connectivity index (χ1v) is 6.46. The van der Waals surface area contributed by atoms with Crippen molar-refractivity contribution in [3.8, 4) is 11.3 Å². The molecule has 18 heavy (non-hydrogen) atoms. The van der Waals surface area contributed by atoms with Crippen LogP contribution in [0.3, 0.4) is 0 Å². The van der Waals surface area contributed by atoms with E-state index in [1.807, 2.05) is 30.0 Å². The summed E-state index contributed by atoms with van der Waals surface area (Å²) in [5, 5.41) is 0. The van der Waals surface area contributed by atoms with Crippen LogP contribution in [-0.2, 0) is 0 Å². The van der Waals surface area contributed by atoms with E-state index in [1.54, 1.807) is 0 Å². The third kappa shape index (κ3) is 2.70. The highest BCUT2D eigenvalue weighted by Crippen LogP contribution is 2.19. The molecule has 1 heterocycles. The number of pyridine rings is 1. The van der Waals surface area contributed by atoms with Gasteiger partial charge in [0, 0.05) is 16.9 Å². The Hall–Kier alpha value is -1.83. The largest absolute Gasteiger partial charge is 0.271 e. The van der Waals surface area contributed by atoms with E-state index in [0.717, 1.165) is 5.69 Å². The van der Waals surface area contributed by atoms with Crippen LogP contribution >= 0.6 is 0 Å². The second kappa shape index (κ2) is 5.67. The van der Waals surface area contributed by atoms with E-state index in [4.69, 9.17) is 4.84 Å². The van der Waals surface area contributed by atoms with Crippen LogP contribution in [0.1, 0.15) is 32.3 Å². The highest BCUT2D eigenvalue weighted by atomic mass is 16.7. The van der Waals surface area contributed by atoms with Gasteiger partial charge >= 0.3 is 0 Å². The van der Waals surface area contributed by atoms with Crippen molar-refractivity contribution in [2.45, 2.75) is 26.7 Å². The second-order valence-electron chi connectivity index (χ2n) is 4.61. The maximum Gasteiger partial charge on any atom is 0.264 e. The number of rotatable bonds is 4. The van der Waals surface area contributed by atoms with Gasteiger partial charge in [-0.05, 0) is 36.6 Å². The average Bonchev–Trinajstić information content (AvgIpc) is 2.40. The van der Waals surface area contributed by atoms with Gasteiger partial charge in [-0.3, -0.25) is 4.84 Å². The lowest BCUT2D eigenvalue weighted by molar-refractivity contribution is -0.882. The number of benzene rings is 1. The predicted molar refractivity (Wildman–Crippen MR) is 73.3 cm³/mol. The van der Waals surface area contributed by atoms with Gasteiger partial charge in [0.2, 0.25) is 6.20 Å². The summed E-state index contributed by atoms with van der Waals surface area (Å²) in [5.41, 5.74) is 3.61. The molecule has 0 saturated carbocycles. The van der Waals surface area contributed by atoms with Gasteiger partial charge in [0.1, 0.15) is 0 Å². The summed E-state index contributed by atoms with van der Waals surface area (Å²) in [6.07, 6.45) is 1.94. The lowest BCUT2D eigenvalue weighted by Gasteiger charge is -2.06. The molecule has 2 rings (SSSR count). The quantitative estimate of drug-likeness (QED) is 0.750. The van der Waals surface area contributed by atoms with Crippen molar-refractivity contribution < 1.29 is 9.57 Å². The zero-order valence-corrected chi connectivity index (χ0v) is 11.3. The summed E-state index contributed by atoms with van der Waals surface area (Å²) in [7, 11) is 0. The minimum Gasteiger partial charge on any atom is -0.271 e. The fourth-order valence-corrected chi connectivity index (χ4v) is 1.94. The molecule has 0 fully saturated rings. The molecule has 2 aromatic rings. The van der Waals surface area contributed by atoms with Crippen molar-refractivity contribution in [3.05, 3.63) is 54.2 Å². The van der Waals surface area contributed by atoms with Crippen LogP contribution in [0.4, 0.5) is 0 Å². The topological polar surface area (TPSA) is 13.1 Å². The maximum atomic E-state index is 5.59. The van der Waals surface area contributed by atoms with Gasteiger partial charge in [0.15, 0.2) is 6.61 Å². The fraction of sp³-hybridized carbons (Fsp3) is 0.312. The highest BCUT2D eigenvalue weighted by Gasteiger charge is 2.13. The Balaban J connectivity index is 2.36. The number of hydrogen-bond donors (Lipinski definition) is 0. The van der Waals surface area contributed by atoms with Crippen LogP contribution in [0, 0.1) is 0 Å². The molecule has 0 aliphatic carbocycles. The smallest absolute Gasteiger partial charge is 0.264 e. The summed E-state index contributed by atoms with van der Waals surface area (Å²) >= 11 is 0. The van der Waals surface area contributed by atoms with E-state index in [9.17, 15) is 0 Å². The van der Waals surface area contributed by atoms with E-state index >= 15 is 0 Å². The van der Waals surface area contributed by atoms with E-state index in [-0.39, 0.29) is 0 Å². The molecule has 0 radical (unpaired) electrons. The first-order chi connectivity index (χ1) is 8.72. The SMILES string of the molecule is CCO[n+]1ccccc1-c1ccc(C(C)C)cc1. The van der Waals surface area contributed by atoms with Crippen molar-refractivity contribution in [2.24, 2.45) is 0 Å². The molecule has 1 aromatic heterocycles. The lowest BCUT2D eigenvalue weighted by Crippen LogP contribution is -2.44. The molecule has 1 aromatic carbocycles. The number of nitrogens with zero attached hydrogens (tertiary/aromatic N) is 1. The normalized spacial score (nSPS) is 10.7. The van der Waals surface area contributed by atoms with Crippen LogP contribution in [-0.4, -0.2) is 6.61 Å². The molecule has 0 N–H and O–H groups in total. The van der Waals surface area contributed by atoms with E-state index < -0.39 is 0 Å². The molecular weight excluding hydrogens is 222 g/mol. The van der Waals surface area contributed by atoms with Gasteiger partial charge in [-0.1, -0.05) is 26.0 Å². The summed E-state index contributed by atoms with van der Waals surface area (Å²) in [6, 6.07) is 14.7. The Kier molecular flexibility index (Phi) is 3.98. The third-order valence-corrected chi connectivity index (χ3v) is 2.97. The molecule has 0 unspecified atom stereocenters. The molecular formula is C16H20NO+. The van der Waals surface area contributed by atoms with E-state index in [2.05, 4.69) is 44.2 Å². The van der Waals surface area contributed by atoms with Crippen LogP contribution in [0.5, 0.6) is 0 Å². The van der Waals surface area contributed by atoms with E-state index in [0.29, 0.717) is 12.5 Å². The predicted octanol–water partition coefficient (Wildman–Crippen LogP) is 3.21. The Labute approximate surface area is 109 Å². The summed E-state index contributed by atoms with van der Waals surface area (Å²) in [5.74, 6) is 0.564. The van der Waals surface area contributed by atoms with Crippen LogP contribution in [0.25, 0.3) is 11.3 Å². The molecule has 0 saturated heterocycles. The molecule has 2 heteroatoms. The summed E-state index contributed by atoms with van der Waals surface area (Å²) in [6.45, 7) is 7.06. The Morgan fingerprint density at radius 1 is 1.06 bits per heavy atom. The third-order valence-electron chi connectivity index (χ3n) is 2.97. The van der Waals surface area contributed by atoms with Gasteiger partial charge in [0.25, 0.3) is 5.69 Å². The minimum atomic E-state index is 0.564. The van der Waals surface area contributed by atoms with Gasteiger partial charge in [-0.25, -0.2) is 0 Å². The van der Waals surface area contributed by atoms with E-state index in [1.165, 1.54) is 11.1 Å². The van der Waals surface area contributed by atoms with Crippen LogP contribution < -0.4 is 9.57 Å². The first-order valence-electron chi connectivity index (χ1n) is 6.46. The van der Waals surface area contributed by atoms with Crippen LogP contribution in [0.2, 0.25) is 0 Å². The van der Waals surface area contributed by atoms with Crippen molar-refractivity contribution in [1.82, 2.24) is 0 Å². The second-order valence-corrected chi connectivity index (χ2v) is 4.61. The minimum absolute atomic E-state index is 0.564. The van der Waals surface area contributed by atoms with Gasteiger partial charge in [-0.2, -0.15) is 0 Å². The fourth-order valence-electron chi connectivity index (χ4n) is 1.94. The zero-order chi connectivity index (χ0) is 13.0. The van der Waals surface area contributed by atoms with Crippen molar-refractivity contribution in [2.75, 3.05) is 6.61 Å². The Bertz CT molecular complexity index is 503. The molecule has 0 aliphatic heterocycles. The molecule has 0 bridgehead atoms. The average molecular weight is 242 g/mol. The van der Waals surface area contributed by atoms with Gasteiger partial charge in [0.05, 0.1) is 5.56 Å². The van der Waals surface area contributed by atoms with Crippen molar-refractivity contribution in [1.29, 1.82) is 0 Å². The standard InChI is InChI=1S/C16H20NO/c1-4-18-17-12-6-5-7-16(17)15-10-8-14(9-11-15)13(2)3/h5-13H,4H2,1-3H3/q+1. The van der Waals surface area contributed by atoms with Crippen molar-refractivity contribution in [3.63, 3.8) is 0 Å². The van der Waals surface area contributed by atoms with Gasteiger partial charge < -0.3 is 0 Å². The molecule has 0 atom stereocenters. The van der Waals surface area contributed by atoms with Gasteiger partial charge in [-0.15, -0.1) is 0 Å². The lowest BCUT2D eigenvalue weighted by atomic mass is 10.0. The maximum absolute atomic E-state index is 5.59. The highest BCUT2D eigenvalue weighted by molar-refractivity contribution is 5.56. The van der Waals surface area contributed by atoms with Crippen LogP contribution in [0.15, 0.2) is 48.7 Å². The first kappa shape index (κ1) is 12.6. The molecule has 2 nitrogen and oxygen atoms in total. The number of hydrogen-bond acceptors (Lipinski definition) is 1.